The second kappa shape index (κ2) is 15.9. The number of phosphoric ester groups is 2. The van der Waals surface area contributed by atoms with Gasteiger partial charge in [0.2, 0.25) is 0 Å². The number of aromatic nitrogens is 2. The summed E-state index contributed by atoms with van der Waals surface area (Å²) in [7, 11) is -10.8. The van der Waals surface area contributed by atoms with Crippen LogP contribution in [-0.4, -0.2) is 114 Å². The Balaban J connectivity index is 0.000000782. The van der Waals surface area contributed by atoms with E-state index in [1.807, 2.05) is 0 Å². The zero-order valence-corrected chi connectivity index (χ0v) is 25.2. The monoisotopic (exact) mass is 647 g/mol. The van der Waals surface area contributed by atoms with Crippen LogP contribution in [0.4, 0.5) is 0 Å². The number of aromatic amines is 1. The summed E-state index contributed by atoms with van der Waals surface area (Å²) in [4.78, 5) is 47.4. The number of aryl methyl sites for hydroxylation is 1. The van der Waals surface area contributed by atoms with Crippen molar-refractivity contribution in [3.8, 4) is 0 Å². The maximum Gasteiger partial charge on any atom is 0.483 e. The molecule has 1 fully saturated rings. The van der Waals surface area contributed by atoms with Gasteiger partial charge in [-0.05, 0) is 32.6 Å². The van der Waals surface area contributed by atoms with Crippen LogP contribution < -0.4 is 11.2 Å². The smallest absolute Gasteiger partial charge is 0.394 e. The van der Waals surface area contributed by atoms with Gasteiger partial charge in [0.25, 0.3) is 5.56 Å². The Labute approximate surface area is 240 Å². The number of H-pyrrole nitrogens is 1. The quantitative estimate of drug-likeness (QED) is 0.103. The molecule has 2 aliphatic heterocycles. The normalized spacial score (nSPS) is 30.4. The van der Waals surface area contributed by atoms with Gasteiger partial charge in [0.05, 0.1) is 13.2 Å². The Morgan fingerprint density at radius 2 is 1.60 bits per heavy atom. The van der Waals surface area contributed by atoms with Gasteiger partial charge in [-0.2, -0.15) is 4.31 Å². The second-order valence-electron chi connectivity index (χ2n) is 9.17. The molecule has 9 atom stereocenters. The summed E-state index contributed by atoms with van der Waals surface area (Å²) in [5, 5.41) is 38.3. The van der Waals surface area contributed by atoms with E-state index in [-0.39, 0.29) is 5.56 Å². The fourth-order valence-corrected chi connectivity index (χ4v) is 5.97. The number of rotatable bonds is 12. The fourth-order valence-electron chi connectivity index (χ4n) is 3.81. The highest BCUT2D eigenvalue weighted by Crippen LogP contribution is 2.61. The molecule has 0 radical (unpaired) electrons. The van der Waals surface area contributed by atoms with Crippen LogP contribution in [0.5, 0.6) is 0 Å². The van der Waals surface area contributed by atoms with Crippen molar-refractivity contribution in [1.82, 2.24) is 14.5 Å². The van der Waals surface area contributed by atoms with E-state index in [4.69, 9.17) is 14.6 Å². The van der Waals surface area contributed by atoms with Crippen molar-refractivity contribution in [2.45, 2.75) is 70.7 Å². The summed E-state index contributed by atoms with van der Waals surface area (Å²) in [6, 6.07) is 0. The third-order valence-electron chi connectivity index (χ3n) is 6.26. The van der Waals surface area contributed by atoms with Gasteiger partial charge in [-0.25, -0.2) is 13.9 Å². The summed E-state index contributed by atoms with van der Waals surface area (Å²) in [6.45, 7) is 10.0. The highest BCUT2D eigenvalue weighted by Gasteiger charge is 2.48. The molecule has 20 heteroatoms. The average molecular weight is 648 g/mol. The Bertz CT molecular complexity index is 1240. The minimum Gasteiger partial charge on any atom is -0.394 e. The number of aliphatic hydroxyl groups is 4. The van der Waals surface area contributed by atoms with Gasteiger partial charge < -0.3 is 44.6 Å². The number of nitrogens with one attached hydrogen (secondary N) is 1. The Hall–Kier alpha value is -1.60. The fraction of sp³-hybridized carbons (Fsp3) is 0.727. The van der Waals surface area contributed by atoms with E-state index >= 15 is 0 Å². The van der Waals surface area contributed by atoms with E-state index < -0.39 is 83.1 Å². The van der Waals surface area contributed by atoms with E-state index in [2.05, 4.69) is 44.0 Å². The summed E-state index contributed by atoms with van der Waals surface area (Å²) in [5.74, 6) is 0. The minimum absolute atomic E-state index is 0.229. The number of nitrogens with zero attached hydrogens (tertiary/aromatic N) is 2. The predicted molar refractivity (Wildman–Crippen MR) is 144 cm³/mol. The Morgan fingerprint density at radius 1 is 0.976 bits per heavy atom. The molecule has 7 N–H and O–H groups in total. The molecule has 3 heterocycles. The summed E-state index contributed by atoms with van der Waals surface area (Å²) < 4.78 is 48.9. The van der Waals surface area contributed by atoms with Crippen molar-refractivity contribution in [2.75, 3.05) is 32.8 Å². The average Bonchev–Trinajstić information content (AvgIpc) is 3.39. The van der Waals surface area contributed by atoms with Crippen molar-refractivity contribution < 1.29 is 62.2 Å². The van der Waals surface area contributed by atoms with Gasteiger partial charge in [-0.1, -0.05) is 26.8 Å². The van der Waals surface area contributed by atoms with Gasteiger partial charge in [-0.3, -0.25) is 23.4 Å². The SMILES string of the molecule is CCN(CC)CC.Cc1cn([C@H]2C=C[C@@H](COP(=O)(O)OP(=O)(O)O[C@H]3O[C@H](CO)[C@@H](O)[C@H](O)[C@@H]3O)O2)c(=O)[nH]c1=O. The van der Waals surface area contributed by atoms with Crippen molar-refractivity contribution in [3.05, 3.63) is 44.8 Å². The van der Waals surface area contributed by atoms with E-state index in [0.29, 0.717) is 0 Å². The van der Waals surface area contributed by atoms with Crippen LogP contribution in [0.2, 0.25) is 0 Å². The zero-order valence-electron chi connectivity index (χ0n) is 23.5. The van der Waals surface area contributed by atoms with Crippen LogP contribution in [0, 0.1) is 6.92 Å². The van der Waals surface area contributed by atoms with E-state index in [1.54, 1.807) is 0 Å². The molecule has 242 valence electrons. The lowest BCUT2D eigenvalue weighted by Crippen LogP contribution is -2.58. The molecule has 42 heavy (non-hydrogen) atoms. The van der Waals surface area contributed by atoms with E-state index in [0.717, 1.165) is 4.57 Å². The molecule has 1 aromatic heterocycles. The highest BCUT2D eigenvalue weighted by atomic mass is 31.3. The first kappa shape index (κ1) is 36.6. The molecule has 1 aromatic rings. The largest absolute Gasteiger partial charge is 0.483 e. The maximum atomic E-state index is 12.1. The number of aliphatic hydroxyl groups excluding tert-OH is 4. The number of hydrogen-bond acceptors (Lipinski definition) is 14. The van der Waals surface area contributed by atoms with E-state index in [9.17, 15) is 43.8 Å². The number of hydrogen-bond donors (Lipinski definition) is 7. The molecular formula is C22H39N3O15P2. The summed E-state index contributed by atoms with van der Waals surface area (Å²) in [6.07, 6.45) is -7.38. The van der Waals surface area contributed by atoms with Crippen LogP contribution in [0.3, 0.4) is 0 Å². The first-order valence-electron chi connectivity index (χ1n) is 13.0. The van der Waals surface area contributed by atoms with Crippen molar-refractivity contribution in [1.29, 1.82) is 0 Å². The molecule has 0 saturated carbocycles. The minimum atomic E-state index is -5.48. The lowest BCUT2D eigenvalue weighted by Gasteiger charge is -2.39. The zero-order chi connectivity index (χ0) is 31.8. The van der Waals surface area contributed by atoms with Gasteiger partial charge in [0, 0.05) is 11.8 Å². The highest BCUT2D eigenvalue weighted by molar-refractivity contribution is 7.61. The van der Waals surface area contributed by atoms with Gasteiger partial charge in [-0.15, -0.1) is 0 Å². The van der Waals surface area contributed by atoms with E-state index in [1.165, 1.54) is 44.9 Å². The lowest BCUT2D eigenvalue weighted by atomic mass is 10.00. The van der Waals surface area contributed by atoms with Crippen LogP contribution in [0.1, 0.15) is 32.6 Å². The van der Waals surface area contributed by atoms with Crippen molar-refractivity contribution in [2.24, 2.45) is 0 Å². The Kier molecular flexibility index (Phi) is 13.9. The molecule has 2 unspecified atom stereocenters. The predicted octanol–water partition coefficient (Wildman–Crippen LogP) is -1.30. The molecule has 2 aliphatic rings. The molecule has 0 aromatic carbocycles. The third-order valence-corrected chi connectivity index (χ3v) is 8.86. The standard InChI is InChI=1S/C16H24N2O15P2.C6H15N/c1-7-4-18(16(24)17-14(7)23)10-3-2-8(30-10)6-29-34(25,26)33-35(27,28)32-15-13(22)12(21)11(20)9(5-19)31-15;1-4-7(5-2)6-3/h2-4,8-13,15,19-22H,5-6H2,1H3,(H,25,26)(H,27,28)(H,17,23,24);4-6H2,1-3H3/t8-,9+,10+,11+,12-,13-,15+;/m0./s1. The molecule has 18 nitrogen and oxygen atoms in total. The van der Waals surface area contributed by atoms with Crippen molar-refractivity contribution in [3.63, 3.8) is 0 Å². The lowest BCUT2D eigenvalue weighted by molar-refractivity contribution is -0.280. The topological polar surface area (TPSA) is 260 Å². The molecular weight excluding hydrogens is 608 g/mol. The van der Waals surface area contributed by atoms with Gasteiger partial charge in [0.1, 0.15) is 30.5 Å². The molecule has 1 saturated heterocycles. The molecule has 0 amide bonds. The van der Waals surface area contributed by atoms with Gasteiger partial charge in [0.15, 0.2) is 12.5 Å². The van der Waals surface area contributed by atoms with Crippen molar-refractivity contribution >= 4 is 15.6 Å². The molecule has 0 spiro atoms. The molecule has 0 bridgehead atoms. The summed E-state index contributed by atoms with van der Waals surface area (Å²) >= 11 is 0. The maximum absolute atomic E-state index is 12.1. The van der Waals surface area contributed by atoms with Crippen LogP contribution in [0.25, 0.3) is 0 Å². The first-order valence-corrected chi connectivity index (χ1v) is 16.0. The third kappa shape index (κ3) is 10.2. The van der Waals surface area contributed by atoms with Crippen LogP contribution >= 0.6 is 15.6 Å². The number of ether oxygens (including phenoxy) is 2. The van der Waals surface area contributed by atoms with Crippen LogP contribution in [0.15, 0.2) is 27.9 Å². The van der Waals surface area contributed by atoms with Gasteiger partial charge >= 0.3 is 21.3 Å². The van der Waals surface area contributed by atoms with Crippen LogP contribution in [-0.2, 0) is 32.0 Å². The Morgan fingerprint density at radius 3 is 2.14 bits per heavy atom. The first-order chi connectivity index (χ1) is 19.6. The number of phosphoric acid groups is 2. The molecule has 0 aliphatic carbocycles. The summed E-state index contributed by atoms with van der Waals surface area (Å²) in [5.41, 5.74) is -1.11. The second-order valence-corrected chi connectivity index (χ2v) is 12.2. The molecule has 3 rings (SSSR count).